The minimum Gasteiger partial charge on any atom is -0.396 e. The molecule has 0 bridgehead atoms. The first-order chi connectivity index (χ1) is 16.6. The number of aliphatic hydroxyl groups is 1. The van der Waals surface area contributed by atoms with Gasteiger partial charge in [-0.3, -0.25) is 9.59 Å². The third-order valence-corrected chi connectivity index (χ3v) is 7.49. The number of nitrogens with one attached hydrogen (secondary N) is 2. The number of aliphatic hydroxyl groups excluding tert-OH is 1. The van der Waals surface area contributed by atoms with Crippen molar-refractivity contribution in [2.24, 2.45) is 0 Å². The van der Waals surface area contributed by atoms with E-state index in [4.69, 9.17) is 5.11 Å². The molecule has 5 rings (SSSR count). The summed E-state index contributed by atoms with van der Waals surface area (Å²) in [5.41, 5.74) is 4.61. The van der Waals surface area contributed by atoms with E-state index in [9.17, 15) is 9.59 Å². The van der Waals surface area contributed by atoms with E-state index in [0.717, 1.165) is 64.5 Å². The van der Waals surface area contributed by atoms with Gasteiger partial charge in [-0.1, -0.05) is 18.2 Å². The van der Waals surface area contributed by atoms with Gasteiger partial charge in [0, 0.05) is 47.4 Å². The zero-order chi connectivity index (χ0) is 23.5. The minimum absolute atomic E-state index is 0.0102. The van der Waals surface area contributed by atoms with Gasteiger partial charge in [0.15, 0.2) is 0 Å². The van der Waals surface area contributed by atoms with Crippen molar-refractivity contribution < 1.29 is 14.7 Å². The number of rotatable bonds is 8. The van der Waals surface area contributed by atoms with E-state index in [1.807, 2.05) is 59.5 Å². The summed E-state index contributed by atoms with van der Waals surface area (Å²) in [4.78, 5) is 29.8. The summed E-state index contributed by atoms with van der Waals surface area (Å²) in [7, 11) is 0. The first-order valence-electron chi connectivity index (χ1n) is 11.9. The Hall–Kier alpha value is -3.16. The molecule has 1 aliphatic heterocycles. The van der Waals surface area contributed by atoms with E-state index in [2.05, 4.69) is 10.6 Å². The SMILES string of the molecule is O=C(NC1CC1)c1cc2c(s1)-c1ccccc1N(C(=O)c1ccc(NCCCCO)cc1)CC2. The van der Waals surface area contributed by atoms with Gasteiger partial charge in [-0.05, 0) is 74.1 Å². The number of thiophene rings is 1. The molecule has 3 N–H and O–H groups in total. The molecule has 176 valence electrons. The van der Waals surface area contributed by atoms with Gasteiger partial charge >= 0.3 is 0 Å². The maximum absolute atomic E-state index is 13.5. The normalized spacial score (nSPS) is 14.7. The minimum atomic E-state index is -0.0267. The summed E-state index contributed by atoms with van der Waals surface area (Å²) in [6.07, 6.45) is 4.51. The Kier molecular flexibility index (Phi) is 6.65. The summed E-state index contributed by atoms with van der Waals surface area (Å²) in [6, 6.07) is 17.9. The van der Waals surface area contributed by atoms with Crippen LogP contribution in [0.3, 0.4) is 0 Å². The van der Waals surface area contributed by atoms with Crippen LogP contribution in [-0.2, 0) is 6.42 Å². The third kappa shape index (κ3) is 4.86. The Morgan fingerprint density at radius 2 is 1.85 bits per heavy atom. The number of anilines is 2. The molecule has 0 unspecified atom stereocenters. The average Bonchev–Trinajstić information content (AvgIpc) is 3.60. The standard InChI is InChI=1S/C27H29N3O3S/c31-16-4-3-14-28-20-9-7-18(8-10-20)27(33)30-15-13-19-17-24(26(32)29-21-11-12-21)34-25(19)22-5-1-2-6-23(22)30/h1-2,5-10,17,21,28,31H,3-4,11-16H2,(H,29,32). The van der Waals surface area contributed by atoms with E-state index in [-0.39, 0.29) is 18.4 Å². The topological polar surface area (TPSA) is 81.7 Å². The van der Waals surface area contributed by atoms with Crippen molar-refractivity contribution in [3.8, 4) is 10.4 Å². The lowest BCUT2D eigenvalue weighted by molar-refractivity contribution is 0.0953. The van der Waals surface area contributed by atoms with Crippen LogP contribution in [0, 0.1) is 0 Å². The fraction of sp³-hybridized carbons (Fsp3) is 0.333. The molecular formula is C27H29N3O3S. The predicted molar refractivity (Wildman–Crippen MR) is 137 cm³/mol. The molecule has 0 radical (unpaired) electrons. The van der Waals surface area contributed by atoms with Crippen LogP contribution in [0.25, 0.3) is 10.4 Å². The highest BCUT2D eigenvalue weighted by molar-refractivity contribution is 7.17. The lowest BCUT2D eigenvalue weighted by atomic mass is 10.1. The molecule has 2 aliphatic rings. The molecule has 2 heterocycles. The van der Waals surface area contributed by atoms with Crippen molar-refractivity contribution in [3.05, 3.63) is 70.6 Å². The average molecular weight is 476 g/mol. The number of carbonyl (C=O) groups is 2. The van der Waals surface area contributed by atoms with Gasteiger partial charge in [0.2, 0.25) is 0 Å². The molecule has 0 atom stereocenters. The first-order valence-corrected chi connectivity index (χ1v) is 12.8. The molecule has 7 heteroatoms. The Labute approximate surface area is 203 Å². The molecule has 6 nitrogen and oxygen atoms in total. The summed E-state index contributed by atoms with van der Waals surface area (Å²) in [6.45, 7) is 1.55. The van der Waals surface area contributed by atoms with E-state index < -0.39 is 0 Å². The van der Waals surface area contributed by atoms with Gasteiger partial charge in [-0.2, -0.15) is 0 Å². The molecule has 2 aromatic carbocycles. The van der Waals surface area contributed by atoms with Gasteiger partial charge in [-0.15, -0.1) is 11.3 Å². The number of unbranched alkanes of at least 4 members (excludes halogenated alkanes) is 1. The van der Waals surface area contributed by atoms with Gasteiger partial charge < -0.3 is 20.6 Å². The van der Waals surface area contributed by atoms with E-state index >= 15 is 0 Å². The maximum atomic E-state index is 13.5. The predicted octanol–water partition coefficient (Wildman–Crippen LogP) is 4.69. The highest BCUT2D eigenvalue weighted by atomic mass is 32.1. The smallest absolute Gasteiger partial charge is 0.261 e. The number of amides is 2. The molecule has 0 spiro atoms. The molecule has 1 fully saturated rings. The monoisotopic (exact) mass is 475 g/mol. The summed E-state index contributed by atoms with van der Waals surface area (Å²) in [5.74, 6) is -0.0165. The number of para-hydroxylation sites is 1. The summed E-state index contributed by atoms with van der Waals surface area (Å²) < 4.78 is 0. The second kappa shape index (κ2) is 9.99. The van der Waals surface area contributed by atoms with Gasteiger partial charge in [0.05, 0.1) is 10.6 Å². The Bertz CT molecular complexity index is 1180. The van der Waals surface area contributed by atoms with Crippen molar-refractivity contribution >= 4 is 34.5 Å². The number of carbonyl (C=O) groups excluding carboxylic acids is 2. The van der Waals surface area contributed by atoms with E-state index in [1.54, 1.807) is 0 Å². The third-order valence-electron chi connectivity index (χ3n) is 6.28. The van der Waals surface area contributed by atoms with Crippen molar-refractivity contribution in [2.75, 3.05) is 29.9 Å². The van der Waals surface area contributed by atoms with Crippen LogP contribution in [0.5, 0.6) is 0 Å². The Morgan fingerprint density at radius 3 is 2.62 bits per heavy atom. The summed E-state index contributed by atoms with van der Waals surface area (Å²) in [5, 5.41) is 15.3. The number of hydrogen-bond donors (Lipinski definition) is 3. The number of fused-ring (bicyclic) bond motifs is 3. The molecule has 3 aromatic rings. The van der Waals surface area contributed by atoms with Crippen LogP contribution in [-0.4, -0.2) is 42.7 Å². The van der Waals surface area contributed by atoms with Crippen LogP contribution >= 0.6 is 11.3 Å². The molecule has 0 saturated heterocycles. The van der Waals surface area contributed by atoms with Crippen molar-refractivity contribution in [2.45, 2.75) is 38.1 Å². The molecule has 2 amide bonds. The second-order valence-electron chi connectivity index (χ2n) is 8.87. The highest BCUT2D eigenvalue weighted by Gasteiger charge is 2.29. The van der Waals surface area contributed by atoms with E-state index in [0.29, 0.717) is 24.6 Å². The Balaban J connectivity index is 1.36. The molecule has 34 heavy (non-hydrogen) atoms. The molecule has 1 aromatic heterocycles. The molecular weight excluding hydrogens is 446 g/mol. The van der Waals surface area contributed by atoms with Gasteiger partial charge in [-0.25, -0.2) is 0 Å². The van der Waals surface area contributed by atoms with Crippen LogP contribution in [0.15, 0.2) is 54.6 Å². The first kappa shape index (κ1) is 22.6. The lowest BCUT2D eigenvalue weighted by Gasteiger charge is -2.23. The zero-order valence-corrected chi connectivity index (χ0v) is 19.9. The Morgan fingerprint density at radius 1 is 1.06 bits per heavy atom. The largest absolute Gasteiger partial charge is 0.396 e. The highest BCUT2D eigenvalue weighted by Crippen LogP contribution is 2.42. The van der Waals surface area contributed by atoms with Crippen LogP contribution in [0.1, 0.15) is 51.3 Å². The van der Waals surface area contributed by atoms with E-state index in [1.165, 1.54) is 11.3 Å². The van der Waals surface area contributed by atoms with Crippen LogP contribution in [0.4, 0.5) is 11.4 Å². The van der Waals surface area contributed by atoms with Crippen LogP contribution in [0.2, 0.25) is 0 Å². The zero-order valence-electron chi connectivity index (χ0n) is 19.0. The van der Waals surface area contributed by atoms with Crippen LogP contribution < -0.4 is 15.5 Å². The number of hydrogen-bond acceptors (Lipinski definition) is 5. The van der Waals surface area contributed by atoms with Crippen molar-refractivity contribution in [1.82, 2.24) is 5.32 Å². The number of benzene rings is 2. The van der Waals surface area contributed by atoms with Gasteiger partial charge in [0.1, 0.15) is 0 Å². The lowest BCUT2D eigenvalue weighted by Crippen LogP contribution is -2.32. The maximum Gasteiger partial charge on any atom is 0.261 e. The molecule has 1 saturated carbocycles. The van der Waals surface area contributed by atoms with Crippen molar-refractivity contribution in [1.29, 1.82) is 0 Å². The number of nitrogens with zero attached hydrogens (tertiary/aromatic N) is 1. The summed E-state index contributed by atoms with van der Waals surface area (Å²) >= 11 is 1.52. The fourth-order valence-corrected chi connectivity index (χ4v) is 5.41. The second-order valence-corrected chi connectivity index (χ2v) is 9.92. The van der Waals surface area contributed by atoms with Crippen molar-refractivity contribution in [3.63, 3.8) is 0 Å². The molecule has 1 aliphatic carbocycles. The fourth-order valence-electron chi connectivity index (χ4n) is 4.26. The quantitative estimate of drug-likeness (QED) is 0.413. The van der Waals surface area contributed by atoms with Gasteiger partial charge in [0.25, 0.3) is 11.8 Å².